The van der Waals surface area contributed by atoms with Crippen LogP contribution in [-0.2, 0) is 16.1 Å². The summed E-state index contributed by atoms with van der Waals surface area (Å²) in [5, 5.41) is 11.6. The third-order valence-corrected chi connectivity index (χ3v) is 10.6. The number of amides is 3. The summed E-state index contributed by atoms with van der Waals surface area (Å²) >= 11 is 0. The molecule has 276 valence electrons. The molecule has 0 aliphatic carbocycles. The predicted octanol–water partition coefficient (Wildman–Crippen LogP) is 7.07. The van der Waals surface area contributed by atoms with E-state index in [4.69, 9.17) is 4.74 Å². The molecule has 6 rings (SSSR count). The van der Waals surface area contributed by atoms with Gasteiger partial charge in [-0.25, -0.2) is 0 Å². The summed E-state index contributed by atoms with van der Waals surface area (Å²) in [5.74, 6) is 0.0540. The predicted molar refractivity (Wildman–Crippen MR) is 210 cm³/mol. The minimum absolute atomic E-state index is 0.132. The maximum atomic E-state index is 13.1. The Labute approximate surface area is 313 Å². The summed E-state index contributed by atoms with van der Waals surface area (Å²) in [6, 6.07) is 13.6. The van der Waals surface area contributed by atoms with Gasteiger partial charge in [0.25, 0.3) is 5.91 Å². The maximum absolute atomic E-state index is 13.1. The normalized spacial score (nSPS) is 20.5. The monoisotopic (exact) mass is 714 g/mol. The first kappa shape index (κ1) is 37.4. The van der Waals surface area contributed by atoms with Gasteiger partial charge in [-0.3, -0.25) is 19.7 Å². The molecule has 2 N–H and O–H groups in total. The van der Waals surface area contributed by atoms with E-state index in [1.807, 2.05) is 54.6 Å². The number of carbonyl (C=O) groups excluding carboxylic acids is 3. The molecule has 4 aliphatic heterocycles. The van der Waals surface area contributed by atoms with E-state index in [2.05, 4.69) is 59.5 Å². The number of aliphatic hydroxyl groups is 1. The zero-order chi connectivity index (χ0) is 37.4. The molecule has 4 aliphatic rings. The minimum atomic E-state index is -0.590. The van der Waals surface area contributed by atoms with Gasteiger partial charge in [-0.1, -0.05) is 74.7 Å². The van der Waals surface area contributed by atoms with Crippen molar-refractivity contribution in [3.63, 3.8) is 0 Å². The second-order valence-corrected chi connectivity index (χ2v) is 14.3. The van der Waals surface area contributed by atoms with Gasteiger partial charge in [0.15, 0.2) is 0 Å². The lowest BCUT2D eigenvalue weighted by molar-refractivity contribution is -0.136. The zero-order valence-corrected chi connectivity index (χ0v) is 30.6. The second-order valence-electron chi connectivity index (χ2n) is 14.3. The van der Waals surface area contributed by atoms with Crippen molar-refractivity contribution in [3.05, 3.63) is 138 Å². The molecular formula is C44H50N4O5. The van der Waals surface area contributed by atoms with Gasteiger partial charge in [0.05, 0.1) is 12.9 Å². The highest BCUT2D eigenvalue weighted by Crippen LogP contribution is 2.43. The fourth-order valence-electron chi connectivity index (χ4n) is 7.94. The van der Waals surface area contributed by atoms with Crippen LogP contribution in [0.4, 0.5) is 5.69 Å². The van der Waals surface area contributed by atoms with Gasteiger partial charge < -0.3 is 24.5 Å². The van der Waals surface area contributed by atoms with Gasteiger partial charge in [0.2, 0.25) is 11.8 Å². The zero-order valence-electron chi connectivity index (χ0n) is 30.6. The number of nitrogens with zero attached hydrogens (tertiary/aromatic N) is 3. The Morgan fingerprint density at radius 3 is 2.49 bits per heavy atom. The van der Waals surface area contributed by atoms with Gasteiger partial charge in [-0.15, -0.1) is 0 Å². The third kappa shape index (κ3) is 8.47. The number of hydrogen-bond acceptors (Lipinski definition) is 7. The fourth-order valence-corrected chi connectivity index (χ4v) is 7.94. The Kier molecular flexibility index (Phi) is 11.9. The molecule has 0 bridgehead atoms. The molecule has 3 saturated heterocycles. The van der Waals surface area contributed by atoms with Crippen molar-refractivity contribution in [2.24, 2.45) is 5.41 Å². The number of imide groups is 1. The summed E-state index contributed by atoms with van der Waals surface area (Å²) in [6.07, 6.45) is 19.5. The number of rotatable bonds is 16. The molecule has 1 spiro atoms. The SMILES string of the molecule is C=C\C=C/C=C/C(CC)=C(/C(C=C)=C/C=C/O)c1ccc(OCCCCN2CC3(C2)CN(c2ccc4c(c2)CN(C2CCC(=O)NC2=O)C4=O)C3)cc1. The molecule has 3 fully saturated rings. The van der Waals surface area contributed by atoms with E-state index in [-0.39, 0.29) is 24.1 Å². The van der Waals surface area contributed by atoms with Crippen LogP contribution in [0, 0.1) is 5.41 Å². The van der Waals surface area contributed by atoms with Gasteiger partial charge >= 0.3 is 0 Å². The maximum Gasteiger partial charge on any atom is 0.255 e. The molecule has 1 atom stereocenters. The van der Waals surface area contributed by atoms with Crippen molar-refractivity contribution in [2.75, 3.05) is 44.2 Å². The van der Waals surface area contributed by atoms with Crippen molar-refractivity contribution in [3.8, 4) is 5.75 Å². The van der Waals surface area contributed by atoms with Crippen molar-refractivity contribution in [2.45, 2.75) is 51.6 Å². The number of unbranched alkanes of at least 4 members (excludes halogenated alkanes) is 1. The number of piperidine rings is 1. The van der Waals surface area contributed by atoms with Crippen LogP contribution in [-0.4, -0.2) is 78.0 Å². The Morgan fingerprint density at radius 2 is 1.79 bits per heavy atom. The lowest BCUT2D eigenvalue weighted by atomic mass is 9.72. The van der Waals surface area contributed by atoms with E-state index in [0.29, 0.717) is 30.6 Å². The number of nitrogens with one attached hydrogen (secondary N) is 1. The Hall–Kier alpha value is -5.41. The highest BCUT2D eigenvalue weighted by Gasteiger charge is 2.51. The van der Waals surface area contributed by atoms with E-state index in [1.165, 1.54) is 0 Å². The van der Waals surface area contributed by atoms with Crippen LogP contribution in [0.15, 0.2) is 122 Å². The molecule has 1 unspecified atom stereocenters. The summed E-state index contributed by atoms with van der Waals surface area (Å²) in [7, 11) is 0. The summed E-state index contributed by atoms with van der Waals surface area (Å²) in [4.78, 5) is 43.6. The first-order valence-corrected chi connectivity index (χ1v) is 18.6. The van der Waals surface area contributed by atoms with Crippen molar-refractivity contribution < 1.29 is 24.2 Å². The van der Waals surface area contributed by atoms with Crippen LogP contribution in [0.5, 0.6) is 5.75 Å². The van der Waals surface area contributed by atoms with Crippen LogP contribution < -0.4 is 15.0 Å². The number of allylic oxidation sites excluding steroid dienone is 11. The van der Waals surface area contributed by atoms with Crippen molar-refractivity contribution in [1.82, 2.24) is 15.1 Å². The Morgan fingerprint density at radius 1 is 1.00 bits per heavy atom. The lowest BCUT2D eigenvalue weighted by Gasteiger charge is -2.61. The molecule has 0 radical (unpaired) electrons. The van der Waals surface area contributed by atoms with Crippen LogP contribution in [0.2, 0.25) is 0 Å². The number of likely N-dealkylation sites (tertiary alicyclic amines) is 1. The number of fused-ring (bicyclic) bond motifs is 1. The van der Waals surface area contributed by atoms with Gasteiger partial charge in [-0.2, -0.15) is 0 Å². The molecule has 3 amide bonds. The fraction of sp³-hybridized carbons (Fsp3) is 0.341. The minimum Gasteiger partial charge on any atom is -0.516 e. The van der Waals surface area contributed by atoms with Crippen LogP contribution in [0.25, 0.3) is 5.57 Å². The summed E-state index contributed by atoms with van der Waals surface area (Å²) < 4.78 is 6.12. The number of hydrogen-bond donors (Lipinski definition) is 2. The van der Waals surface area contributed by atoms with Gasteiger partial charge in [-0.05, 0) is 96.5 Å². The smallest absolute Gasteiger partial charge is 0.255 e. The number of benzene rings is 2. The van der Waals surface area contributed by atoms with E-state index in [0.717, 1.165) is 97.5 Å². The van der Waals surface area contributed by atoms with E-state index < -0.39 is 6.04 Å². The first-order valence-electron chi connectivity index (χ1n) is 18.6. The molecule has 2 aromatic carbocycles. The van der Waals surface area contributed by atoms with Crippen LogP contribution >= 0.6 is 0 Å². The number of carbonyl (C=O) groups is 3. The van der Waals surface area contributed by atoms with Gasteiger partial charge in [0, 0.05) is 55.8 Å². The van der Waals surface area contributed by atoms with Crippen molar-refractivity contribution >= 4 is 29.0 Å². The standard InChI is InChI=1S/C44H50N4O5/c1-4-7-8-9-13-32(5-2)41(33(6-3)14-12-24-49)34-15-18-37(19-16-34)53-25-11-10-23-46-28-44(29-46)30-47(31-44)36-17-20-38-35(26-36)27-48(43(38)52)39-21-22-40(50)45-42(39)51/h4,6-9,12-20,24,26,39,49H,1,3,5,10-11,21-23,25,27-31H2,2H3,(H,45,50,51)/b8-7-,13-9+,24-12+,33-14+,41-32-. The number of aliphatic hydroxyl groups excluding tert-OH is 1. The average Bonchev–Trinajstić information content (AvgIpc) is 3.45. The molecule has 2 aromatic rings. The topological polar surface area (TPSA) is 102 Å². The largest absolute Gasteiger partial charge is 0.516 e. The average molecular weight is 715 g/mol. The molecular weight excluding hydrogens is 665 g/mol. The second kappa shape index (κ2) is 16.9. The Balaban J connectivity index is 0.936. The van der Waals surface area contributed by atoms with E-state index in [9.17, 15) is 19.5 Å². The van der Waals surface area contributed by atoms with Crippen LogP contribution in [0.3, 0.4) is 0 Å². The van der Waals surface area contributed by atoms with E-state index >= 15 is 0 Å². The van der Waals surface area contributed by atoms with Crippen LogP contribution in [0.1, 0.15) is 60.5 Å². The molecule has 9 nitrogen and oxygen atoms in total. The quantitative estimate of drug-likeness (QED) is 0.0830. The third-order valence-electron chi connectivity index (χ3n) is 10.6. The lowest BCUT2D eigenvalue weighted by Crippen LogP contribution is -2.72. The first-order chi connectivity index (χ1) is 25.8. The number of anilines is 1. The number of ether oxygens (including phenoxy) is 1. The molecule has 53 heavy (non-hydrogen) atoms. The molecule has 0 saturated carbocycles. The Bertz CT molecular complexity index is 1870. The van der Waals surface area contributed by atoms with E-state index in [1.54, 1.807) is 17.1 Å². The molecule has 4 heterocycles. The molecule has 0 aromatic heterocycles. The van der Waals surface area contributed by atoms with Crippen molar-refractivity contribution in [1.29, 1.82) is 0 Å². The highest BCUT2D eigenvalue weighted by atomic mass is 16.5. The summed E-state index contributed by atoms with van der Waals surface area (Å²) in [5.41, 5.74) is 7.23. The highest BCUT2D eigenvalue weighted by molar-refractivity contribution is 6.05. The van der Waals surface area contributed by atoms with Gasteiger partial charge in [0.1, 0.15) is 11.8 Å². The summed E-state index contributed by atoms with van der Waals surface area (Å²) in [6.45, 7) is 16.2. The molecule has 9 heteroatoms.